The van der Waals surface area contributed by atoms with E-state index in [0.29, 0.717) is 12.8 Å². The van der Waals surface area contributed by atoms with E-state index in [2.05, 4.69) is 22.2 Å². The summed E-state index contributed by atoms with van der Waals surface area (Å²) in [5.74, 6) is 0. The van der Waals surface area contributed by atoms with E-state index in [1.165, 1.54) is 89.9 Å². The second-order valence-corrected chi connectivity index (χ2v) is 10.9. The fourth-order valence-electron chi connectivity index (χ4n) is 3.50. The van der Waals surface area contributed by atoms with Gasteiger partial charge < -0.3 is 14.6 Å². The smallest absolute Gasteiger partial charge is 0.726 e. The molecule has 0 aliphatic rings. The van der Waals surface area contributed by atoms with Gasteiger partial charge in [0.1, 0.15) is 0 Å². The van der Waals surface area contributed by atoms with Crippen LogP contribution in [0.3, 0.4) is 0 Å². The van der Waals surface area contributed by atoms with Crippen molar-refractivity contribution in [2.45, 2.75) is 142 Å². The topological polar surface area (TPSA) is 164 Å². The van der Waals surface area contributed by atoms with Crippen molar-refractivity contribution in [3.8, 4) is 0 Å². The Bertz CT molecular complexity index is 566. The van der Waals surface area contributed by atoms with Gasteiger partial charge in [-0.25, -0.2) is 16.8 Å². The molecule has 0 spiro atoms. The Morgan fingerprint density at radius 2 is 0.622 bits per heavy atom. The molecular formula is C24H52Na2O9S2. The molecule has 0 aromatic heterocycles. The van der Waals surface area contributed by atoms with E-state index in [1.54, 1.807) is 0 Å². The number of rotatable bonds is 24. The predicted molar refractivity (Wildman–Crippen MR) is 139 cm³/mol. The summed E-state index contributed by atoms with van der Waals surface area (Å²) in [5, 5.41) is 0. The Hall–Kier alpha value is 1.70. The Morgan fingerprint density at radius 3 is 0.811 bits per heavy atom. The van der Waals surface area contributed by atoms with E-state index >= 15 is 0 Å². The average molecular weight is 595 g/mol. The van der Waals surface area contributed by atoms with E-state index in [0.717, 1.165) is 25.7 Å². The van der Waals surface area contributed by atoms with Crippen molar-refractivity contribution >= 4 is 20.8 Å². The monoisotopic (exact) mass is 594 g/mol. The van der Waals surface area contributed by atoms with Crippen LogP contribution in [0.15, 0.2) is 0 Å². The largest absolute Gasteiger partial charge is 1.00 e. The molecule has 0 radical (unpaired) electrons. The third-order valence-corrected chi connectivity index (χ3v) is 6.36. The normalized spacial score (nSPS) is 10.9. The summed E-state index contributed by atoms with van der Waals surface area (Å²) in [6, 6.07) is 0. The van der Waals surface area contributed by atoms with Gasteiger partial charge in [-0.3, -0.25) is 8.37 Å². The first-order chi connectivity index (χ1) is 16.1. The van der Waals surface area contributed by atoms with Crippen LogP contribution in [-0.2, 0) is 29.2 Å². The molecule has 2 N–H and O–H groups in total. The van der Waals surface area contributed by atoms with Crippen LogP contribution >= 0.6 is 0 Å². The summed E-state index contributed by atoms with van der Waals surface area (Å²) in [6.07, 6.45) is 23.4. The second-order valence-electron chi connectivity index (χ2n) is 8.82. The third kappa shape index (κ3) is 54.5. The molecule has 13 heteroatoms. The first-order valence-corrected chi connectivity index (χ1v) is 16.0. The fraction of sp³-hybridized carbons (Fsp3) is 1.00. The van der Waals surface area contributed by atoms with Crippen molar-refractivity contribution in [3.63, 3.8) is 0 Å². The first-order valence-electron chi connectivity index (χ1n) is 13.3. The third-order valence-electron chi connectivity index (χ3n) is 5.45. The van der Waals surface area contributed by atoms with Crippen LogP contribution in [0.25, 0.3) is 0 Å². The molecule has 9 nitrogen and oxygen atoms in total. The van der Waals surface area contributed by atoms with Gasteiger partial charge in [-0.15, -0.1) is 0 Å². The first kappa shape index (κ1) is 48.4. The zero-order valence-corrected chi connectivity index (χ0v) is 29.8. The quantitative estimate of drug-likeness (QED) is 0.0650. The molecule has 0 heterocycles. The molecule has 0 bridgehead atoms. The van der Waals surface area contributed by atoms with Crippen LogP contribution in [-0.4, -0.2) is 44.6 Å². The average Bonchev–Trinajstić information content (AvgIpc) is 2.75. The summed E-state index contributed by atoms with van der Waals surface area (Å²) in [6.45, 7) is 4.49. The van der Waals surface area contributed by atoms with Crippen molar-refractivity contribution in [3.05, 3.63) is 0 Å². The molecule has 0 aromatic rings. The zero-order valence-electron chi connectivity index (χ0n) is 24.1. The van der Waals surface area contributed by atoms with E-state index in [9.17, 15) is 25.9 Å². The number of hydrogen-bond donors (Lipinski definition) is 0. The van der Waals surface area contributed by atoms with Gasteiger partial charge in [-0.1, -0.05) is 129 Å². The SMILES string of the molecule is CCCCCCCCCCCCOS(=O)(=O)[O-].CCCCCCCCCCCCOS(=O)(=O)[O-].O.[Na+].[Na+]. The molecule has 0 atom stereocenters. The summed E-state index contributed by atoms with van der Waals surface area (Å²) in [5.41, 5.74) is 0. The summed E-state index contributed by atoms with van der Waals surface area (Å²) in [7, 11) is -8.97. The molecule has 216 valence electrons. The standard InChI is InChI=1S/2C12H26O4S.2Na.H2O/c2*1-2-3-4-5-6-7-8-9-10-11-12-16-17(13,14)15;;;/h2*2-12H2,1H3,(H,13,14,15);;;1H2/q;;2*+1;/p-2. The molecule has 0 saturated heterocycles. The van der Waals surface area contributed by atoms with Crippen molar-refractivity contribution < 1.29 is 98.9 Å². The Kier molecular flexibility index (Phi) is 46.8. The molecular weight excluding hydrogens is 542 g/mol. The minimum atomic E-state index is -4.48. The molecule has 0 unspecified atom stereocenters. The maximum absolute atomic E-state index is 10.1. The van der Waals surface area contributed by atoms with Crippen molar-refractivity contribution in [2.24, 2.45) is 0 Å². The van der Waals surface area contributed by atoms with Gasteiger partial charge in [0.25, 0.3) is 0 Å². The van der Waals surface area contributed by atoms with Gasteiger partial charge in [-0.2, -0.15) is 0 Å². The zero-order chi connectivity index (χ0) is 26.0. The minimum absolute atomic E-state index is 0. The van der Waals surface area contributed by atoms with Gasteiger partial charge in [0.05, 0.1) is 13.2 Å². The Morgan fingerprint density at radius 1 is 0.432 bits per heavy atom. The predicted octanol–water partition coefficient (Wildman–Crippen LogP) is -0.0485. The number of unbranched alkanes of at least 4 members (excludes halogenated alkanes) is 18. The van der Waals surface area contributed by atoms with Crippen LogP contribution < -0.4 is 59.1 Å². The fourth-order valence-corrected chi connectivity index (χ4v) is 4.14. The van der Waals surface area contributed by atoms with Crippen molar-refractivity contribution in [1.82, 2.24) is 0 Å². The molecule has 0 aliphatic heterocycles. The summed E-state index contributed by atoms with van der Waals surface area (Å²) in [4.78, 5) is 0. The van der Waals surface area contributed by atoms with E-state index in [4.69, 9.17) is 0 Å². The number of hydrogen-bond acceptors (Lipinski definition) is 8. The molecule has 0 aliphatic carbocycles. The van der Waals surface area contributed by atoms with Gasteiger partial charge in [-0.05, 0) is 12.8 Å². The van der Waals surface area contributed by atoms with Crippen LogP contribution in [0, 0.1) is 0 Å². The van der Waals surface area contributed by atoms with Crippen molar-refractivity contribution in [1.29, 1.82) is 0 Å². The van der Waals surface area contributed by atoms with Crippen LogP contribution in [0.1, 0.15) is 142 Å². The van der Waals surface area contributed by atoms with Crippen LogP contribution in [0.2, 0.25) is 0 Å². The summed E-state index contributed by atoms with van der Waals surface area (Å²) < 4.78 is 68.9. The van der Waals surface area contributed by atoms with E-state index in [1.807, 2.05) is 0 Å². The van der Waals surface area contributed by atoms with Gasteiger partial charge in [0, 0.05) is 0 Å². The maximum Gasteiger partial charge on any atom is 1.00 e. The molecule has 37 heavy (non-hydrogen) atoms. The summed E-state index contributed by atoms with van der Waals surface area (Å²) >= 11 is 0. The van der Waals surface area contributed by atoms with E-state index in [-0.39, 0.29) is 77.8 Å². The Labute approximate surface area is 272 Å². The molecule has 0 saturated carbocycles. The second kappa shape index (κ2) is 35.7. The maximum atomic E-state index is 10.1. The molecule has 0 rings (SSSR count). The van der Waals surface area contributed by atoms with Gasteiger partial charge in [0.15, 0.2) is 0 Å². The van der Waals surface area contributed by atoms with Gasteiger partial charge in [0.2, 0.25) is 20.8 Å². The molecule has 0 amide bonds. The van der Waals surface area contributed by atoms with Crippen LogP contribution in [0.5, 0.6) is 0 Å². The van der Waals surface area contributed by atoms with E-state index < -0.39 is 20.8 Å². The Balaban J connectivity index is -0.000000171. The molecule has 0 fully saturated rings. The minimum Gasteiger partial charge on any atom is -0.726 e. The van der Waals surface area contributed by atoms with Crippen molar-refractivity contribution in [2.75, 3.05) is 13.2 Å². The molecule has 0 aromatic carbocycles. The van der Waals surface area contributed by atoms with Crippen LogP contribution in [0.4, 0.5) is 0 Å². The van der Waals surface area contributed by atoms with Gasteiger partial charge >= 0.3 is 59.1 Å².